The maximum atomic E-state index is 5.84. The highest BCUT2D eigenvalue weighted by Crippen LogP contribution is 2.18. The summed E-state index contributed by atoms with van der Waals surface area (Å²) < 4.78 is 1.64. The first-order valence-electron chi connectivity index (χ1n) is 4.05. The third kappa shape index (κ3) is 1.37. The molecule has 0 atom stereocenters. The van der Waals surface area contributed by atoms with E-state index in [1.807, 2.05) is 6.07 Å². The second kappa shape index (κ2) is 2.96. The molecule has 0 spiro atoms. The van der Waals surface area contributed by atoms with Gasteiger partial charge in [0.15, 0.2) is 5.15 Å². The van der Waals surface area contributed by atoms with Gasteiger partial charge in [-0.25, -0.2) is 4.52 Å². The topological polar surface area (TPSA) is 43.1 Å². The van der Waals surface area contributed by atoms with Gasteiger partial charge in [-0.1, -0.05) is 25.4 Å². The van der Waals surface area contributed by atoms with Crippen molar-refractivity contribution in [3.05, 3.63) is 23.2 Å². The molecule has 5 heteroatoms. The van der Waals surface area contributed by atoms with Gasteiger partial charge in [0.05, 0.1) is 5.69 Å². The molecule has 0 fully saturated rings. The SMILES string of the molecule is CC(C)c1cc2c(Cl)nncn2n1. The van der Waals surface area contributed by atoms with Crippen LogP contribution in [0.3, 0.4) is 0 Å². The van der Waals surface area contributed by atoms with Gasteiger partial charge < -0.3 is 0 Å². The summed E-state index contributed by atoms with van der Waals surface area (Å²) in [5, 5.41) is 12.1. The molecule has 2 aromatic rings. The lowest BCUT2D eigenvalue weighted by Gasteiger charge is -1.94. The number of halogens is 1. The molecule has 0 aliphatic heterocycles. The molecule has 0 N–H and O–H groups in total. The molecule has 2 aromatic heterocycles. The summed E-state index contributed by atoms with van der Waals surface area (Å²) in [6, 6.07) is 1.93. The summed E-state index contributed by atoms with van der Waals surface area (Å²) in [5.41, 5.74) is 1.80. The van der Waals surface area contributed by atoms with E-state index in [1.165, 1.54) is 0 Å². The number of rotatable bonds is 1. The monoisotopic (exact) mass is 196 g/mol. The smallest absolute Gasteiger partial charge is 0.177 e. The third-order valence-corrected chi connectivity index (χ3v) is 2.13. The van der Waals surface area contributed by atoms with Crippen molar-refractivity contribution in [2.75, 3.05) is 0 Å². The van der Waals surface area contributed by atoms with Crippen LogP contribution in [0.4, 0.5) is 0 Å². The Labute approximate surface area is 80.5 Å². The lowest BCUT2D eigenvalue weighted by atomic mass is 10.1. The summed E-state index contributed by atoms with van der Waals surface area (Å²) in [7, 11) is 0. The second-order valence-corrected chi connectivity index (χ2v) is 3.53. The predicted molar refractivity (Wildman–Crippen MR) is 49.9 cm³/mol. The van der Waals surface area contributed by atoms with E-state index in [0.717, 1.165) is 11.2 Å². The predicted octanol–water partition coefficient (Wildman–Crippen LogP) is 1.90. The quantitative estimate of drug-likeness (QED) is 0.700. The van der Waals surface area contributed by atoms with Crippen molar-refractivity contribution >= 4 is 17.1 Å². The Hall–Kier alpha value is -1.16. The molecule has 2 rings (SSSR count). The number of hydrogen-bond donors (Lipinski definition) is 0. The largest absolute Gasteiger partial charge is 0.217 e. The molecule has 0 aliphatic rings. The van der Waals surface area contributed by atoms with Gasteiger partial charge in [0.2, 0.25) is 0 Å². The normalized spacial score (nSPS) is 11.4. The van der Waals surface area contributed by atoms with E-state index in [2.05, 4.69) is 29.1 Å². The van der Waals surface area contributed by atoms with E-state index in [0.29, 0.717) is 11.1 Å². The molecule has 4 nitrogen and oxygen atoms in total. The van der Waals surface area contributed by atoms with E-state index in [1.54, 1.807) is 10.8 Å². The summed E-state index contributed by atoms with van der Waals surface area (Å²) >= 11 is 5.84. The molecular formula is C8H9ClN4. The van der Waals surface area contributed by atoms with Gasteiger partial charge in [-0.3, -0.25) is 0 Å². The first kappa shape index (κ1) is 8.44. The van der Waals surface area contributed by atoms with Gasteiger partial charge >= 0.3 is 0 Å². The molecule has 0 amide bonds. The maximum absolute atomic E-state index is 5.84. The molecule has 2 heterocycles. The van der Waals surface area contributed by atoms with Crippen molar-refractivity contribution < 1.29 is 0 Å². The van der Waals surface area contributed by atoms with Crippen LogP contribution in [0, 0.1) is 0 Å². The van der Waals surface area contributed by atoms with E-state index >= 15 is 0 Å². The summed E-state index contributed by atoms with van der Waals surface area (Å²) in [5.74, 6) is 0.385. The average molecular weight is 197 g/mol. The Morgan fingerprint density at radius 1 is 1.46 bits per heavy atom. The van der Waals surface area contributed by atoms with Crippen molar-refractivity contribution in [2.45, 2.75) is 19.8 Å². The highest BCUT2D eigenvalue weighted by molar-refractivity contribution is 6.32. The third-order valence-electron chi connectivity index (χ3n) is 1.86. The molecule has 13 heavy (non-hydrogen) atoms. The van der Waals surface area contributed by atoms with Crippen molar-refractivity contribution in [1.82, 2.24) is 19.8 Å². The van der Waals surface area contributed by atoms with Gasteiger partial charge in [0.1, 0.15) is 11.8 Å². The van der Waals surface area contributed by atoms with Gasteiger partial charge in [-0.05, 0) is 12.0 Å². The standard InChI is InChI=1S/C8H9ClN4/c1-5(2)6-3-7-8(9)11-10-4-13(7)12-6/h3-5H,1-2H3. The molecule has 0 saturated heterocycles. The van der Waals surface area contributed by atoms with Crippen molar-refractivity contribution in [2.24, 2.45) is 0 Å². The molecule has 0 saturated carbocycles. The Balaban J connectivity index is 2.68. The van der Waals surface area contributed by atoms with Crippen LogP contribution < -0.4 is 0 Å². The van der Waals surface area contributed by atoms with Crippen LogP contribution in [-0.4, -0.2) is 19.8 Å². The second-order valence-electron chi connectivity index (χ2n) is 3.18. The fourth-order valence-corrected chi connectivity index (χ4v) is 1.30. The van der Waals surface area contributed by atoms with E-state index in [-0.39, 0.29) is 0 Å². The first-order chi connectivity index (χ1) is 6.18. The highest BCUT2D eigenvalue weighted by atomic mass is 35.5. The van der Waals surface area contributed by atoms with Crippen LogP contribution in [0.15, 0.2) is 12.4 Å². The average Bonchev–Trinajstić information content (AvgIpc) is 2.49. The molecule has 68 valence electrons. The minimum Gasteiger partial charge on any atom is -0.217 e. The van der Waals surface area contributed by atoms with Crippen LogP contribution in [-0.2, 0) is 0 Å². The minimum absolute atomic E-state index is 0.385. The van der Waals surface area contributed by atoms with Gasteiger partial charge in [-0.2, -0.15) is 5.10 Å². The lowest BCUT2D eigenvalue weighted by molar-refractivity contribution is 0.773. The zero-order chi connectivity index (χ0) is 9.42. The summed E-state index contributed by atoms with van der Waals surface area (Å²) in [6.45, 7) is 4.16. The number of nitrogens with zero attached hydrogens (tertiary/aromatic N) is 4. The summed E-state index contributed by atoms with van der Waals surface area (Å²) in [4.78, 5) is 0. The number of hydrogen-bond acceptors (Lipinski definition) is 3. The summed E-state index contributed by atoms with van der Waals surface area (Å²) in [6.07, 6.45) is 1.55. The Bertz CT molecular complexity index is 435. The fourth-order valence-electron chi connectivity index (χ4n) is 1.11. The van der Waals surface area contributed by atoms with Crippen molar-refractivity contribution in [1.29, 1.82) is 0 Å². The Morgan fingerprint density at radius 2 is 2.23 bits per heavy atom. The molecule has 0 bridgehead atoms. The van der Waals surface area contributed by atoms with Crippen LogP contribution in [0.2, 0.25) is 5.15 Å². The molecule has 0 radical (unpaired) electrons. The van der Waals surface area contributed by atoms with E-state index < -0.39 is 0 Å². The molecule has 0 aromatic carbocycles. The highest BCUT2D eigenvalue weighted by Gasteiger charge is 2.08. The van der Waals surface area contributed by atoms with Gasteiger partial charge in [-0.15, -0.1) is 10.2 Å². The van der Waals surface area contributed by atoms with Crippen LogP contribution in [0.5, 0.6) is 0 Å². The number of fused-ring (bicyclic) bond motifs is 1. The van der Waals surface area contributed by atoms with Crippen molar-refractivity contribution in [3.8, 4) is 0 Å². The van der Waals surface area contributed by atoms with Crippen LogP contribution >= 0.6 is 11.6 Å². The zero-order valence-electron chi connectivity index (χ0n) is 7.40. The van der Waals surface area contributed by atoms with Crippen LogP contribution in [0.25, 0.3) is 5.52 Å². The van der Waals surface area contributed by atoms with Gasteiger partial charge in [0, 0.05) is 0 Å². The van der Waals surface area contributed by atoms with Gasteiger partial charge in [0.25, 0.3) is 0 Å². The Kier molecular flexibility index (Phi) is 1.92. The zero-order valence-corrected chi connectivity index (χ0v) is 8.15. The molecule has 0 aliphatic carbocycles. The lowest BCUT2D eigenvalue weighted by Crippen LogP contribution is -1.93. The first-order valence-corrected chi connectivity index (χ1v) is 4.42. The van der Waals surface area contributed by atoms with Crippen molar-refractivity contribution in [3.63, 3.8) is 0 Å². The van der Waals surface area contributed by atoms with E-state index in [4.69, 9.17) is 11.6 Å². The van der Waals surface area contributed by atoms with E-state index in [9.17, 15) is 0 Å². The minimum atomic E-state index is 0.385. The Morgan fingerprint density at radius 3 is 2.85 bits per heavy atom. The maximum Gasteiger partial charge on any atom is 0.177 e. The molecule has 0 unspecified atom stereocenters. The van der Waals surface area contributed by atoms with Crippen LogP contribution in [0.1, 0.15) is 25.5 Å². The molecular weight excluding hydrogens is 188 g/mol. The number of aromatic nitrogens is 4. The fraction of sp³-hybridized carbons (Fsp3) is 0.375.